The van der Waals surface area contributed by atoms with Crippen LogP contribution >= 0.6 is 11.3 Å². The van der Waals surface area contributed by atoms with E-state index in [4.69, 9.17) is 9.47 Å². The second-order valence-electron chi connectivity index (χ2n) is 5.50. The van der Waals surface area contributed by atoms with Crippen LogP contribution in [0.4, 0.5) is 5.00 Å². The fourth-order valence-corrected chi connectivity index (χ4v) is 3.40. The van der Waals surface area contributed by atoms with Gasteiger partial charge in [0.2, 0.25) is 0 Å². The Balaban J connectivity index is 2.43. The number of benzene rings is 1. The lowest BCUT2D eigenvalue weighted by Crippen LogP contribution is -2.14. The summed E-state index contributed by atoms with van der Waals surface area (Å²) in [5, 5.41) is 2.96. The van der Waals surface area contributed by atoms with Crippen molar-refractivity contribution in [2.24, 2.45) is 0 Å². The van der Waals surface area contributed by atoms with Crippen LogP contribution in [0.15, 0.2) is 18.2 Å². The number of methoxy groups -OCH3 is 2. The average Bonchev–Trinajstić information content (AvgIpc) is 2.92. The number of aryl methyl sites for hydroxylation is 2. The van der Waals surface area contributed by atoms with Gasteiger partial charge in [-0.2, -0.15) is 0 Å². The van der Waals surface area contributed by atoms with Crippen LogP contribution in [0.2, 0.25) is 0 Å². The Morgan fingerprint density at radius 1 is 0.960 bits per heavy atom. The smallest absolute Gasteiger partial charge is 0.348 e. The highest BCUT2D eigenvalue weighted by Gasteiger charge is 2.27. The molecule has 1 heterocycles. The normalized spacial score (nSPS) is 10.3. The summed E-state index contributed by atoms with van der Waals surface area (Å²) in [6.45, 7) is 5.48. The number of carbonyl (C=O) groups excluding carboxylic acids is 3. The number of hydrogen-bond donors (Lipinski definition) is 1. The molecule has 0 bridgehead atoms. The lowest BCUT2D eigenvalue weighted by Gasteiger charge is -2.07. The standard InChI is InChI=1S/C18H19NO5S/c1-9-6-7-12(8-10(9)2)15(20)19-16-13(17(21)23-4)11(3)14(25-16)18(22)24-5/h6-8H,1-5H3,(H,19,20). The first-order chi connectivity index (χ1) is 11.8. The number of amides is 1. The van der Waals surface area contributed by atoms with E-state index in [0.29, 0.717) is 11.1 Å². The molecule has 2 rings (SSSR count). The lowest BCUT2D eigenvalue weighted by atomic mass is 10.1. The van der Waals surface area contributed by atoms with Crippen LogP contribution < -0.4 is 5.32 Å². The van der Waals surface area contributed by atoms with Crippen LogP contribution in [0, 0.1) is 20.8 Å². The minimum absolute atomic E-state index is 0.157. The highest BCUT2D eigenvalue weighted by atomic mass is 32.1. The van der Waals surface area contributed by atoms with Crippen LogP contribution in [0.3, 0.4) is 0 Å². The quantitative estimate of drug-likeness (QED) is 0.843. The molecule has 0 unspecified atom stereocenters. The summed E-state index contributed by atoms with van der Waals surface area (Å²) in [6.07, 6.45) is 0. The van der Waals surface area contributed by atoms with Crippen LogP contribution in [-0.4, -0.2) is 32.1 Å². The maximum atomic E-state index is 12.5. The fourth-order valence-electron chi connectivity index (χ4n) is 2.29. The maximum absolute atomic E-state index is 12.5. The Labute approximate surface area is 149 Å². The third-order valence-corrected chi connectivity index (χ3v) is 5.09. The van der Waals surface area contributed by atoms with E-state index in [2.05, 4.69) is 5.32 Å². The molecule has 0 aliphatic carbocycles. The topological polar surface area (TPSA) is 81.7 Å². The van der Waals surface area contributed by atoms with Crippen LogP contribution in [0.25, 0.3) is 0 Å². The third-order valence-electron chi connectivity index (χ3n) is 3.90. The molecule has 0 saturated heterocycles. The number of anilines is 1. The van der Waals surface area contributed by atoms with Crippen molar-refractivity contribution >= 4 is 34.2 Å². The van der Waals surface area contributed by atoms with E-state index >= 15 is 0 Å². The summed E-state index contributed by atoms with van der Waals surface area (Å²) >= 11 is 0.986. The van der Waals surface area contributed by atoms with Gasteiger partial charge in [-0.3, -0.25) is 4.79 Å². The summed E-state index contributed by atoms with van der Waals surface area (Å²) in [5.41, 5.74) is 3.10. The monoisotopic (exact) mass is 361 g/mol. The van der Waals surface area contributed by atoms with Crippen LogP contribution in [-0.2, 0) is 9.47 Å². The molecule has 25 heavy (non-hydrogen) atoms. The molecular weight excluding hydrogens is 342 g/mol. The number of hydrogen-bond acceptors (Lipinski definition) is 6. The van der Waals surface area contributed by atoms with Crippen molar-refractivity contribution in [3.63, 3.8) is 0 Å². The molecule has 0 saturated carbocycles. The Hall–Kier alpha value is -2.67. The predicted molar refractivity (Wildman–Crippen MR) is 95.6 cm³/mol. The van der Waals surface area contributed by atoms with E-state index in [9.17, 15) is 14.4 Å². The molecular formula is C18H19NO5S. The van der Waals surface area contributed by atoms with Gasteiger partial charge in [0.05, 0.1) is 19.8 Å². The molecule has 1 aromatic heterocycles. The summed E-state index contributed by atoms with van der Waals surface area (Å²) < 4.78 is 9.49. The molecule has 1 aromatic carbocycles. The molecule has 0 atom stereocenters. The molecule has 6 nitrogen and oxygen atoms in total. The van der Waals surface area contributed by atoms with E-state index in [0.717, 1.165) is 22.5 Å². The molecule has 1 amide bonds. The summed E-state index contributed by atoms with van der Waals surface area (Å²) in [7, 11) is 2.50. The van der Waals surface area contributed by atoms with Crippen molar-refractivity contribution in [1.82, 2.24) is 0 Å². The molecule has 7 heteroatoms. The van der Waals surface area contributed by atoms with E-state index in [1.165, 1.54) is 14.2 Å². The fraction of sp³-hybridized carbons (Fsp3) is 0.278. The SMILES string of the molecule is COC(=O)c1sc(NC(=O)c2ccc(C)c(C)c2)c(C(=O)OC)c1C. The molecule has 0 fully saturated rings. The minimum atomic E-state index is -0.626. The van der Waals surface area contributed by atoms with Crippen LogP contribution in [0.1, 0.15) is 47.1 Å². The molecule has 0 aliphatic rings. The summed E-state index contributed by atoms with van der Waals surface area (Å²) in [5.74, 6) is -1.57. The summed E-state index contributed by atoms with van der Waals surface area (Å²) in [6, 6.07) is 5.33. The predicted octanol–water partition coefficient (Wildman–Crippen LogP) is 3.50. The highest BCUT2D eigenvalue weighted by Crippen LogP contribution is 2.34. The van der Waals surface area contributed by atoms with Crippen molar-refractivity contribution in [3.05, 3.63) is 50.9 Å². The van der Waals surface area contributed by atoms with Crippen molar-refractivity contribution in [3.8, 4) is 0 Å². The Kier molecular flexibility index (Phi) is 5.58. The van der Waals surface area contributed by atoms with Crippen molar-refractivity contribution < 1.29 is 23.9 Å². The maximum Gasteiger partial charge on any atom is 0.348 e. The molecule has 0 aliphatic heterocycles. The number of esters is 2. The van der Waals surface area contributed by atoms with Gasteiger partial charge in [0.15, 0.2) is 0 Å². The van der Waals surface area contributed by atoms with Crippen molar-refractivity contribution in [2.75, 3.05) is 19.5 Å². The highest BCUT2D eigenvalue weighted by molar-refractivity contribution is 7.18. The van der Waals surface area contributed by atoms with Gasteiger partial charge in [-0.25, -0.2) is 9.59 Å². The zero-order valence-electron chi connectivity index (χ0n) is 14.7. The molecule has 0 radical (unpaired) electrons. The zero-order valence-corrected chi connectivity index (χ0v) is 15.5. The van der Waals surface area contributed by atoms with Gasteiger partial charge in [-0.05, 0) is 49.6 Å². The molecule has 0 spiro atoms. The van der Waals surface area contributed by atoms with Crippen LogP contribution in [0.5, 0.6) is 0 Å². The first-order valence-corrected chi connectivity index (χ1v) is 8.30. The lowest BCUT2D eigenvalue weighted by molar-refractivity contribution is 0.0601. The largest absolute Gasteiger partial charge is 0.465 e. The third kappa shape index (κ3) is 3.71. The van der Waals surface area contributed by atoms with E-state index in [-0.39, 0.29) is 21.3 Å². The van der Waals surface area contributed by atoms with E-state index in [1.807, 2.05) is 19.9 Å². The second kappa shape index (κ2) is 7.48. The van der Waals surface area contributed by atoms with Crippen molar-refractivity contribution in [1.29, 1.82) is 0 Å². The second-order valence-corrected chi connectivity index (χ2v) is 6.52. The Bertz CT molecular complexity index is 853. The Morgan fingerprint density at radius 3 is 2.16 bits per heavy atom. The minimum Gasteiger partial charge on any atom is -0.465 e. The first-order valence-electron chi connectivity index (χ1n) is 7.48. The van der Waals surface area contributed by atoms with Gasteiger partial charge in [0.25, 0.3) is 5.91 Å². The Morgan fingerprint density at radius 2 is 1.60 bits per heavy atom. The number of rotatable bonds is 4. The van der Waals surface area contributed by atoms with Gasteiger partial charge in [0, 0.05) is 5.56 Å². The number of nitrogens with one attached hydrogen (secondary N) is 1. The first kappa shape index (κ1) is 18.7. The molecule has 2 aromatic rings. The van der Waals surface area contributed by atoms with E-state index < -0.39 is 11.9 Å². The average molecular weight is 361 g/mol. The summed E-state index contributed by atoms with van der Waals surface area (Å²) in [4.78, 5) is 36.7. The number of carbonyl (C=O) groups is 3. The zero-order chi connectivity index (χ0) is 18.7. The number of thiophene rings is 1. The number of ether oxygens (including phenoxy) is 2. The molecule has 1 N–H and O–H groups in total. The van der Waals surface area contributed by atoms with E-state index in [1.54, 1.807) is 19.1 Å². The van der Waals surface area contributed by atoms with Gasteiger partial charge in [0.1, 0.15) is 9.88 Å². The van der Waals surface area contributed by atoms with Gasteiger partial charge in [-0.15, -0.1) is 11.3 Å². The molecule has 132 valence electrons. The van der Waals surface area contributed by atoms with Crippen molar-refractivity contribution in [2.45, 2.75) is 20.8 Å². The van der Waals surface area contributed by atoms with Gasteiger partial charge >= 0.3 is 11.9 Å². The van der Waals surface area contributed by atoms with Gasteiger partial charge in [-0.1, -0.05) is 6.07 Å². The van der Waals surface area contributed by atoms with Gasteiger partial charge < -0.3 is 14.8 Å².